The number of rotatable bonds is 6. The molecular weight excluding hydrogens is 467 g/mol. The summed E-state index contributed by atoms with van der Waals surface area (Å²) < 4.78 is 21.4. The van der Waals surface area contributed by atoms with Crippen LogP contribution in [0.5, 0.6) is 5.75 Å². The van der Waals surface area contributed by atoms with Gasteiger partial charge in [-0.05, 0) is 47.5 Å². The Hall–Kier alpha value is -3.61. The second-order valence-corrected chi connectivity index (χ2v) is 8.46. The Morgan fingerprint density at radius 1 is 1.03 bits per heavy atom. The molecule has 0 aliphatic carbocycles. The summed E-state index contributed by atoms with van der Waals surface area (Å²) in [6.07, 6.45) is -0.264. The molecule has 5 nitrogen and oxygen atoms in total. The number of anilines is 2. The van der Waals surface area contributed by atoms with E-state index in [-0.39, 0.29) is 35.8 Å². The zero-order chi connectivity index (χ0) is 23.7. The van der Waals surface area contributed by atoms with Crippen LogP contribution in [0, 0.1) is 5.82 Å². The highest BCUT2D eigenvalue weighted by molar-refractivity contribution is 5.90. The van der Waals surface area contributed by atoms with Crippen LogP contribution < -0.4 is 15.0 Å². The summed E-state index contributed by atoms with van der Waals surface area (Å²) in [4.78, 5) is 13.3. The third kappa shape index (κ3) is 4.81. The summed E-state index contributed by atoms with van der Waals surface area (Å²) in [5.41, 5.74) is 1.79. The molecular formula is C28H26ClFN2O3. The number of nitrogens with one attached hydrogen (secondary N) is 1. The van der Waals surface area contributed by atoms with Crippen LogP contribution in [-0.2, 0) is 0 Å². The molecule has 0 saturated heterocycles. The summed E-state index contributed by atoms with van der Waals surface area (Å²) in [5.74, 6) is -1.40. The Kier molecular flexibility index (Phi) is 7.24. The van der Waals surface area contributed by atoms with Crippen LogP contribution in [0.1, 0.15) is 28.9 Å². The maximum Gasteiger partial charge on any atom is 0.338 e. The molecule has 5 rings (SSSR count). The van der Waals surface area contributed by atoms with Crippen LogP contribution in [0.2, 0.25) is 0 Å². The normalized spacial score (nSPS) is 15.6. The second kappa shape index (κ2) is 10.3. The van der Waals surface area contributed by atoms with Crippen molar-refractivity contribution < 1.29 is 19.0 Å². The van der Waals surface area contributed by atoms with Gasteiger partial charge < -0.3 is 20.1 Å². The molecule has 7 heteroatoms. The van der Waals surface area contributed by atoms with Gasteiger partial charge in [0.15, 0.2) is 5.82 Å². The number of para-hydroxylation sites is 2. The van der Waals surface area contributed by atoms with Crippen molar-refractivity contribution in [2.75, 3.05) is 18.0 Å². The number of carbonyl (C=O) groups is 1. The SMILES string of the molecule is C[C@@H](NCC1CN(c2cccc(C(=O)O)c2F)c2ccccc2O1)c1cccc2ccccc12.Cl. The Labute approximate surface area is 209 Å². The topological polar surface area (TPSA) is 61.8 Å². The molecule has 2 atom stereocenters. The van der Waals surface area contributed by atoms with Gasteiger partial charge in [0, 0.05) is 12.6 Å². The van der Waals surface area contributed by atoms with Gasteiger partial charge in [0.05, 0.1) is 23.5 Å². The zero-order valence-electron chi connectivity index (χ0n) is 19.1. The highest BCUT2D eigenvalue weighted by Gasteiger charge is 2.29. The summed E-state index contributed by atoms with van der Waals surface area (Å²) in [5, 5.41) is 15.3. The first-order valence-corrected chi connectivity index (χ1v) is 11.3. The van der Waals surface area contributed by atoms with E-state index in [1.165, 1.54) is 22.4 Å². The van der Waals surface area contributed by atoms with Crippen LogP contribution in [0.4, 0.5) is 15.8 Å². The summed E-state index contributed by atoms with van der Waals surface area (Å²) >= 11 is 0. The van der Waals surface area contributed by atoms with Crippen LogP contribution in [0.3, 0.4) is 0 Å². The molecule has 0 spiro atoms. The Morgan fingerprint density at radius 3 is 2.54 bits per heavy atom. The van der Waals surface area contributed by atoms with E-state index in [4.69, 9.17) is 4.74 Å². The maximum atomic E-state index is 15.1. The van der Waals surface area contributed by atoms with Crippen LogP contribution >= 0.6 is 12.4 Å². The third-order valence-electron chi connectivity index (χ3n) is 6.28. The fourth-order valence-electron chi connectivity index (χ4n) is 4.57. The van der Waals surface area contributed by atoms with E-state index in [1.807, 2.05) is 36.4 Å². The number of nitrogens with zero attached hydrogens (tertiary/aromatic N) is 1. The first kappa shape index (κ1) is 24.5. The lowest BCUT2D eigenvalue weighted by atomic mass is 9.99. The molecule has 0 aromatic heterocycles. The van der Waals surface area contributed by atoms with Crippen molar-refractivity contribution >= 4 is 40.5 Å². The van der Waals surface area contributed by atoms with Gasteiger partial charge in [-0.25, -0.2) is 9.18 Å². The summed E-state index contributed by atoms with van der Waals surface area (Å²) in [6.45, 7) is 3.04. The Bertz CT molecular complexity index is 1360. The number of ether oxygens (including phenoxy) is 1. The molecule has 0 fully saturated rings. The van der Waals surface area contributed by atoms with Gasteiger partial charge in [0.25, 0.3) is 0 Å². The van der Waals surface area contributed by atoms with E-state index in [2.05, 4.69) is 42.6 Å². The van der Waals surface area contributed by atoms with Gasteiger partial charge in [0.1, 0.15) is 11.9 Å². The molecule has 1 unspecified atom stereocenters. The van der Waals surface area contributed by atoms with Crippen LogP contribution in [-0.4, -0.2) is 30.3 Å². The molecule has 4 aromatic carbocycles. The molecule has 0 amide bonds. The molecule has 0 saturated carbocycles. The average Bonchev–Trinajstić information content (AvgIpc) is 2.86. The van der Waals surface area contributed by atoms with Crippen molar-refractivity contribution in [1.82, 2.24) is 5.32 Å². The number of benzene rings is 4. The predicted molar refractivity (Wildman–Crippen MR) is 139 cm³/mol. The van der Waals surface area contributed by atoms with Gasteiger partial charge in [-0.1, -0.05) is 60.7 Å². The lowest BCUT2D eigenvalue weighted by molar-refractivity contribution is 0.0692. The minimum Gasteiger partial charge on any atom is -0.485 e. The minimum atomic E-state index is -1.29. The molecule has 180 valence electrons. The molecule has 0 bridgehead atoms. The van der Waals surface area contributed by atoms with Crippen molar-refractivity contribution in [3.8, 4) is 5.75 Å². The summed E-state index contributed by atoms with van der Waals surface area (Å²) in [6, 6.07) is 26.5. The minimum absolute atomic E-state index is 0. The lowest BCUT2D eigenvalue weighted by Crippen LogP contribution is -2.44. The Balaban J connectivity index is 0.00000289. The van der Waals surface area contributed by atoms with Crippen molar-refractivity contribution in [3.05, 3.63) is 102 Å². The van der Waals surface area contributed by atoms with Crippen LogP contribution in [0.25, 0.3) is 10.8 Å². The quantitative estimate of drug-likeness (QED) is 0.328. The smallest absolute Gasteiger partial charge is 0.338 e. The van der Waals surface area contributed by atoms with E-state index in [0.717, 1.165) is 0 Å². The van der Waals surface area contributed by atoms with Crippen molar-refractivity contribution in [3.63, 3.8) is 0 Å². The predicted octanol–water partition coefficient (Wildman–Crippen LogP) is 6.35. The lowest BCUT2D eigenvalue weighted by Gasteiger charge is -2.37. The van der Waals surface area contributed by atoms with E-state index in [9.17, 15) is 9.90 Å². The van der Waals surface area contributed by atoms with E-state index < -0.39 is 11.8 Å². The molecule has 4 aromatic rings. The van der Waals surface area contributed by atoms with Gasteiger partial charge >= 0.3 is 5.97 Å². The molecule has 1 aliphatic rings. The molecule has 0 radical (unpaired) electrons. The van der Waals surface area contributed by atoms with Gasteiger partial charge in [-0.15, -0.1) is 12.4 Å². The fraction of sp³-hybridized carbons (Fsp3) is 0.179. The zero-order valence-corrected chi connectivity index (χ0v) is 20.0. The van der Waals surface area contributed by atoms with Crippen molar-refractivity contribution in [2.45, 2.75) is 19.1 Å². The maximum absolute atomic E-state index is 15.1. The molecule has 1 aliphatic heterocycles. The fourth-order valence-corrected chi connectivity index (χ4v) is 4.57. The number of fused-ring (bicyclic) bond motifs is 2. The highest BCUT2D eigenvalue weighted by atomic mass is 35.5. The monoisotopic (exact) mass is 492 g/mol. The van der Waals surface area contributed by atoms with Gasteiger partial charge in [-0.3, -0.25) is 0 Å². The van der Waals surface area contributed by atoms with Crippen molar-refractivity contribution in [2.24, 2.45) is 0 Å². The second-order valence-electron chi connectivity index (χ2n) is 8.46. The van der Waals surface area contributed by atoms with E-state index in [0.29, 0.717) is 24.5 Å². The number of carboxylic acids is 1. The molecule has 2 N–H and O–H groups in total. The van der Waals surface area contributed by atoms with E-state index >= 15 is 4.39 Å². The van der Waals surface area contributed by atoms with E-state index in [1.54, 1.807) is 17.0 Å². The molecule has 35 heavy (non-hydrogen) atoms. The third-order valence-corrected chi connectivity index (χ3v) is 6.28. The highest BCUT2D eigenvalue weighted by Crippen LogP contribution is 2.39. The average molecular weight is 493 g/mol. The number of carboxylic acid groups (broad SMARTS) is 1. The van der Waals surface area contributed by atoms with Crippen LogP contribution in [0.15, 0.2) is 84.9 Å². The first-order chi connectivity index (χ1) is 16.5. The standard InChI is InChI=1S/C28H25FN2O3.ClH/c1-18(21-11-6-9-19-8-2-3-10-22(19)21)30-16-20-17-31(24-13-4-5-15-26(24)34-20)25-14-7-12-23(27(25)29)28(32)33;/h2-15,18,20,30H,16-17H2,1H3,(H,32,33);1H/t18-,20?;/m1./s1. The number of halogens is 2. The van der Waals surface area contributed by atoms with Gasteiger partial charge in [0.2, 0.25) is 0 Å². The first-order valence-electron chi connectivity index (χ1n) is 11.3. The number of hydrogen-bond acceptors (Lipinski definition) is 4. The number of aromatic carboxylic acids is 1. The Morgan fingerprint density at radius 2 is 1.71 bits per heavy atom. The number of hydrogen-bond donors (Lipinski definition) is 2. The van der Waals surface area contributed by atoms with Crippen molar-refractivity contribution in [1.29, 1.82) is 0 Å². The largest absolute Gasteiger partial charge is 0.485 e. The summed E-state index contributed by atoms with van der Waals surface area (Å²) in [7, 11) is 0. The van der Waals surface area contributed by atoms with Gasteiger partial charge in [-0.2, -0.15) is 0 Å². The molecule has 1 heterocycles.